The summed E-state index contributed by atoms with van der Waals surface area (Å²) >= 11 is 0. The molecule has 2 rings (SSSR count). The number of methoxy groups -OCH3 is 1. The van der Waals surface area contributed by atoms with Crippen molar-refractivity contribution < 1.29 is 9.53 Å². The summed E-state index contributed by atoms with van der Waals surface area (Å²) in [6, 6.07) is 15.7. The van der Waals surface area contributed by atoms with Gasteiger partial charge in [0, 0.05) is 25.7 Å². The molecule has 0 spiro atoms. The van der Waals surface area contributed by atoms with Gasteiger partial charge >= 0.3 is 0 Å². The highest BCUT2D eigenvalue weighted by atomic mass is 127. The SMILES string of the molecule is CCNC(=NCc1cccc(NC(C)=O)c1)NCCc1ccccc1OC.I. The minimum absolute atomic E-state index is 0. The van der Waals surface area contributed by atoms with Crippen LogP contribution in [0.15, 0.2) is 53.5 Å². The molecule has 0 aliphatic carbocycles. The van der Waals surface area contributed by atoms with Crippen LogP contribution in [0.25, 0.3) is 0 Å². The third-order valence-electron chi connectivity index (χ3n) is 3.89. The summed E-state index contributed by atoms with van der Waals surface area (Å²) < 4.78 is 5.39. The maximum Gasteiger partial charge on any atom is 0.221 e. The molecule has 0 bridgehead atoms. The van der Waals surface area contributed by atoms with Crippen molar-refractivity contribution in [1.82, 2.24) is 10.6 Å². The molecular weight excluding hydrogens is 467 g/mol. The van der Waals surface area contributed by atoms with Gasteiger partial charge in [-0.2, -0.15) is 0 Å². The molecule has 0 saturated carbocycles. The summed E-state index contributed by atoms with van der Waals surface area (Å²) in [6.07, 6.45) is 0.840. The molecule has 152 valence electrons. The monoisotopic (exact) mass is 496 g/mol. The van der Waals surface area contributed by atoms with Crippen LogP contribution in [0.2, 0.25) is 0 Å². The number of anilines is 1. The van der Waals surface area contributed by atoms with Gasteiger partial charge in [-0.3, -0.25) is 4.79 Å². The van der Waals surface area contributed by atoms with Crippen LogP contribution < -0.4 is 20.7 Å². The zero-order valence-electron chi connectivity index (χ0n) is 16.6. The van der Waals surface area contributed by atoms with Crippen LogP contribution >= 0.6 is 24.0 Å². The molecule has 28 heavy (non-hydrogen) atoms. The van der Waals surface area contributed by atoms with E-state index in [1.807, 2.05) is 49.4 Å². The van der Waals surface area contributed by atoms with Crippen LogP contribution in [-0.2, 0) is 17.8 Å². The third kappa shape index (κ3) is 8.16. The largest absolute Gasteiger partial charge is 0.496 e. The highest BCUT2D eigenvalue weighted by Crippen LogP contribution is 2.17. The van der Waals surface area contributed by atoms with Crippen molar-refractivity contribution in [3.05, 3.63) is 59.7 Å². The number of carbonyl (C=O) groups is 1. The van der Waals surface area contributed by atoms with E-state index in [1.54, 1.807) is 7.11 Å². The van der Waals surface area contributed by atoms with Gasteiger partial charge in [0.05, 0.1) is 13.7 Å². The Morgan fingerprint density at radius 1 is 1.11 bits per heavy atom. The molecule has 3 N–H and O–H groups in total. The predicted octanol–water partition coefficient (Wildman–Crippen LogP) is 3.57. The number of rotatable bonds is 8. The Bertz CT molecular complexity index is 781. The minimum Gasteiger partial charge on any atom is -0.496 e. The Hall–Kier alpha value is -2.29. The molecule has 2 aromatic rings. The lowest BCUT2D eigenvalue weighted by molar-refractivity contribution is -0.114. The number of hydrogen-bond acceptors (Lipinski definition) is 3. The molecule has 0 radical (unpaired) electrons. The minimum atomic E-state index is -0.0815. The predicted molar refractivity (Wildman–Crippen MR) is 126 cm³/mol. The van der Waals surface area contributed by atoms with Gasteiger partial charge in [-0.15, -0.1) is 24.0 Å². The number of guanidine groups is 1. The molecule has 7 heteroatoms. The second-order valence-corrected chi connectivity index (χ2v) is 6.07. The van der Waals surface area contributed by atoms with Crippen molar-refractivity contribution in [3.8, 4) is 5.75 Å². The number of para-hydroxylation sites is 1. The number of amides is 1. The molecule has 0 heterocycles. The average Bonchev–Trinajstić information content (AvgIpc) is 2.66. The molecule has 0 unspecified atom stereocenters. The highest BCUT2D eigenvalue weighted by molar-refractivity contribution is 14.0. The van der Waals surface area contributed by atoms with Crippen molar-refractivity contribution in [3.63, 3.8) is 0 Å². The molecule has 0 aliphatic heterocycles. The van der Waals surface area contributed by atoms with Gasteiger partial charge in [0.25, 0.3) is 0 Å². The van der Waals surface area contributed by atoms with E-state index in [2.05, 4.69) is 27.0 Å². The first kappa shape index (κ1) is 23.7. The number of aliphatic imine (C=N–C) groups is 1. The van der Waals surface area contributed by atoms with E-state index in [0.29, 0.717) is 6.54 Å². The van der Waals surface area contributed by atoms with Gasteiger partial charge in [0.15, 0.2) is 5.96 Å². The Morgan fingerprint density at radius 2 is 1.89 bits per heavy atom. The van der Waals surface area contributed by atoms with Crippen LogP contribution in [0, 0.1) is 0 Å². The second-order valence-electron chi connectivity index (χ2n) is 6.07. The summed E-state index contributed by atoms with van der Waals surface area (Å²) in [6.45, 7) is 5.59. The fraction of sp³-hybridized carbons (Fsp3) is 0.333. The lowest BCUT2D eigenvalue weighted by atomic mass is 10.1. The van der Waals surface area contributed by atoms with E-state index >= 15 is 0 Å². The smallest absolute Gasteiger partial charge is 0.221 e. The number of hydrogen-bond donors (Lipinski definition) is 3. The first-order valence-electron chi connectivity index (χ1n) is 9.13. The Kier molecular flexibility index (Phi) is 11.0. The standard InChI is InChI=1S/C21H28N4O2.HI/c1-4-22-21(23-13-12-18-9-5-6-11-20(18)27-3)24-15-17-8-7-10-19(14-17)25-16(2)26;/h5-11,14H,4,12-13,15H2,1-3H3,(H,25,26)(H2,22,23,24);1H. The molecule has 0 saturated heterocycles. The topological polar surface area (TPSA) is 74.8 Å². The fourth-order valence-corrected chi connectivity index (χ4v) is 2.69. The summed E-state index contributed by atoms with van der Waals surface area (Å²) in [5, 5.41) is 9.39. The van der Waals surface area contributed by atoms with Crippen molar-refractivity contribution in [2.45, 2.75) is 26.8 Å². The highest BCUT2D eigenvalue weighted by Gasteiger charge is 2.03. The van der Waals surface area contributed by atoms with Crippen LogP contribution in [0.3, 0.4) is 0 Å². The molecule has 6 nitrogen and oxygen atoms in total. The van der Waals surface area contributed by atoms with E-state index in [4.69, 9.17) is 4.74 Å². The Morgan fingerprint density at radius 3 is 2.61 bits per heavy atom. The van der Waals surface area contributed by atoms with E-state index in [-0.39, 0.29) is 29.9 Å². The number of ether oxygens (including phenoxy) is 1. The Balaban J connectivity index is 0.00000392. The zero-order valence-corrected chi connectivity index (χ0v) is 18.9. The molecular formula is C21H29IN4O2. The van der Waals surface area contributed by atoms with Crippen molar-refractivity contribution >= 4 is 41.5 Å². The van der Waals surface area contributed by atoms with Crippen LogP contribution in [-0.4, -0.2) is 32.1 Å². The lowest BCUT2D eigenvalue weighted by Crippen LogP contribution is -2.38. The molecule has 0 aromatic heterocycles. The van der Waals surface area contributed by atoms with E-state index < -0.39 is 0 Å². The summed E-state index contributed by atoms with van der Waals surface area (Å²) in [5.74, 6) is 1.58. The van der Waals surface area contributed by atoms with Crippen LogP contribution in [0.1, 0.15) is 25.0 Å². The van der Waals surface area contributed by atoms with Gasteiger partial charge in [-0.1, -0.05) is 30.3 Å². The van der Waals surface area contributed by atoms with Gasteiger partial charge in [-0.25, -0.2) is 4.99 Å². The number of halogens is 1. The number of carbonyl (C=O) groups excluding carboxylic acids is 1. The van der Waals surface area contributed by atoms with Gasteiger partial charge in [0.1, 0.15) is 5.75 Å². The lowest BCUT2D eigenvalue weighted by Gasteiger charge is -2.13. The normalized spacial score (nSPS) is 10.6. The van der Waals surface area contributed by atoms with Crippen molar-refractivity contribution in [1.29, 1.82) is 0 Å². The maximum absolute atomic E-state index is 11.2. The molecule has 0 fully saturated rings. The van der Waals surface area contributed by atoms with Crippen molar-refractivity contribution in [2.75, 3.05) is 25.5 Å². The number of nitrogens with one attached hydrogen (secondary N) is 3. The number of benzene rings is 2. The maximum atomic E-state index is 11.2. The zero-order chi connectivity index (χ0) is 19.5. The molecule has 0 atom stereocenters. The van der Waals surface area contributed by atoms with Crippen molar-refractivity contribution in [2.24, 2.45) is 4.99 Å². The van der Waals surface area contributed by atoms with E-state index in [0.717, 1.165) is 48.0 Å². The summed E-state index contributed by atoms with van der Waals surface area (Å²) in [7, 11) is 1.69. The third-order valence-corrected chi connectivity index (χ3v) is 3.89. The van der Waals surface area contributed by atoms with Crippen LogP contribution in [0.4, 0.5) is 5.69 Å². The fourth-order valence-electron chi connectivity index (χ4n) is 2.69. The average molecular weight is 496 g/mol. The Labute approximate surface area is 184 Å². The molecule has 1 amide bonds. The first-order valence-corrected chi connectivity index (χ1v) is 9.13. The molecule has 2 aromatic carbocycles. The van der Waals surface area contributed by atoms with Crippen LogP contribution in [0.5, 0.6) is 5.75 Å². The first-order chi connectivity index (χ1) is 13.1. The van der Waals surface area contributed by atoms with Gasteiger partial charge in [0.2, 0.25) is 5.91 Å². The quantitative estimate of drug-likeness (QED) is 0.297. The van der Waals surface area contributed by atoms with Gasteiger partial charge < -0.3 is 20.7 Å². The van der Waals surface area contributed by atoms with E-state index in [9.17, 15) is 4.79 Å². The second kappa shape index (κ2) is 13.0. The summed E-state index contributed by atoms with van der Waals surface area (Å²) in [4.78, 5) is 15.8. The number of nitrogens with zero attached hydrogens (tertiary/aromatic N) is 1. The van der Waals surface area contributed by atoms with E-state index in [1.165, 1.54) is 6.92 Å². The molecule has 0 aliphatic rings. The summed E-state index contributed by atoms with van der Waals surface area (Å²) in [5.41, 5.74) is 2.97. The van der Waals surface area contributed by atoms with Gasteiger partial charge in [-0.05, 0) is 42.7 Å².